The molecule has 24 heavy (non-hydrogen) atoms. The van der Waals surface area contributed by atoms with Gasteiger partial charge in [0.2, 0.25) is 0 Å². The zero-order chi connectivity index (χ0) is 17.9. The van der Waals surface area contributed by atoms with E-state index < -0.39 is 26.2 Å². The zero-order valence-corrected chi connectivity index (χ0v) is 16.6. The molecule has 130 valence electrons. The molecule has 0 aliphatic carbocycles. The third kappa shape index (κ3) is 4.42. The van der Waals surface area contributed by atoms with Gasteiger partial charge < -0.3 is 0 Å². The molecule has 0 aliphatic rings. The predicted molar refractivity (Wildman–Crippen MR) is 103 cm³/mol. The summed E-state index contributed by atoms with van der Waals surface area (Å²) in [5, 5.41) is 0. The van der Waals surface area contributed by atoms with E-state index in [0.717, 1.165) is 20.9 Å². The lowest BCUT2D eigenvalue weighted by atomic mass is 10.0. The Morgan fingerprint density at radius 3 is 1.29 bits per heavy atom. The second kappa shape index (κ2) is 8.21. The van der Waals surface area contributed by atoms with Gasteiger partial charge in [0.1, 0.15) is 4.58 Å². The van der Waals surface area contributed by atoms with Crippen LogP contribution in [-0.2, 0) is 21.6 Å². The highest BCUT2D eigenvalue weighted by atomic mass is 32.2. The molecule has 3 atom stereocenters. The van der Waals surface area contributed by atoms with E-state index in [1.165, 1.54) is 0 Å². The van der Waals surface area contributed by atoms with Crippen LogP contribution >= 0.6 is 0 Å². The van der Waals surface area contributed by atoms with Gasteiger partial charge in [-0.2, -0.15) is 0 Å². The predicted octanol–water partition coefficient (Wildman–Crippen LogP) is 4.84. The lowest BCUT2D eigenvalue weighted by Gasteiger charge is -2.26. The summed E-state index contributed by atoms with van der Waals surface area (Å²) in [5.41, 5.74) is 2.26. The minimum atomic E-state index is -1.32. The number of hydrogen-bond acceptors (Lipinski definition) is 2. The molecule has 0 fully saturated rings. The van der Waals surface area contributed by atoms with Gasteiger partial charge in [-0.1, -0.05) is 56.2 Å². The van der Waals surface area contributed by atoms with Crippen LogP contribution in [0.1, 0.15) is 31.9 Å². The quantitative estimate of drug-likeness (QED) is 0.737. The highest BCUT2D eigenvalue weighted by molar-refractivity contribution is 8.03. The Bertz CT molecular complexity index is 661. The highest BCUT2D eigenvalue weighted by Gasteiger charge is 2.33. The molecule has 0 saturated heterocycles. The normalized spacial score (nSPS) is 15.5. The van der Waals surface area contributed by atoms with Gasteiger partial charge in [-0.05, 0) is 49.9 Å². The van der Waals surface area contributed by atoms with Crippen LogP contribution in [0.25, 0.3) is 0 Å². The van der Waals surface area contributed by atoms with Crippen molar-refractivity contribution in [1.82, 2.24) is 0 Å². The van der Waals surface area contributed by atoms with Gasteiger partial charge in [0.25, 0.3) is 0 Å². The van der Waals surface area contributed by atoms with Crippen molar-refractivity contribution in [3.63, 3.8) is 0 Å². The van der Waals surface area contributed by atoms with Crippen LogP contribution in [0.15, 0.2) is 58.3 Å². The van der Waals surface area contributed by atoms with Crippen molar-refractivity contribution in [3.05, 3.63) is 59.7 Å². The minimum Gasteiger partial charge on any atom is -0.253 e. The lowest BCUT2D eigenvalue weighted by Crippen LogP contribution is -2.32. The van der Waals surface area contributed by atoms with Gasteiger partial charge in [-0.3, -0.25) is 8.42 Å². The molecule has 2 aromatic carbocycles. The second-order valence-corrected chi connectivity index (χ2v) is 10.1. The van der Waals surface area contributed by atoms with Crippen LogP contribution in [0, 0.1) is 25.7 Å². The van der Waals surface area contributed by atoms with E-state index in [1.54, 1.807) is 0 Å². The van der Waals surface area contributed by atoms with Crippen LogP contribution < -0.4 is 0 Å². The SMILES string of the molecule is Cc1ccc([S@](=O)C([C@H](C)C(C)C)[S@@](=O)c2ccc(C)cc2)cc1. The molecule has 0 radical (unpaired) electrons. The fraction of sp³-hybridized carbons (Fsp3) is 0.400. The van der Waals surface area contributed by atoms with E-state index in [0.29, 0.717) is 5.92 Å². The third-order valence-electron chi connectivity index (χ3n) is 4.41. The Balaban J connectivity index is 2.40. The Morgan fingerprint density at radius 2 is 1.00 bits per heavy atom. The summed E-state index contributed by atoms with van der Waals surface area (Å²) in [6.45, 7) is 10.2. The molecule has 0 amide bonds. The van der Waals surface area contributed by atoms with E-state index >= 15 is 0 Å². The van der Waals surface area contributed by atoms with Crippen LogP contribution in [-0.4, -0.2) is 13.0 Å². The van der Waals surface area contributed by atoms with E-state index in [1.807, 2.05) is 69.3 Å². The van der Waals surface area contributed by atoms with Gasteiger partial charge in [-0.25, -0.2) is 0 Å². The van der Waals surface area contributed by atoms with E-state index in [-0.39, 0.29) is 5.92 Å². The first-order valence-corrected chi connectivity index (χ1v) is 10.7. The number of hydrogen-bond donors (Lipinski definition) is 0. The van der Waals surface area contributed by atoms with Gasteiger partial charge in [0.05, 0.1) is 21.6 Å². The first-order valence-electron chi connectivity index (χ1n) is 8.25. The van der Waals surface area contributed by atoms with Crippen LogP contribution in [0.5, 0.6) is 0 Å². The van der Waals surface area contributed by atoms with Crippen molar-refractivity contribution >= 4 is 21.6 Å². The van der Waals surface area contributed by atoms with Crippen LogP contribution in [0.2, 0.25) is 0 Å². The van der Waals surface area contributed by atoms with Crippen molar-refractivity contribution < 1.29 is 8.42 Å². The number of aryl methyl sites for hydroxylation is 2. The molecule has 0 heterocycles. The molecular weight excluding hydrogens is 336 g/mol. The Kier molecular flexibility index (Phi) is 6.53. The molecule has 0 saturated carbocycles. The lowest BCUT2D eigenvalue weighted by molar-refractivity contribution is 0.441. The second-order valence-electron chi connectivity index (χ2n) is 6.69. The topological polar surface area (TPSA) is 34.1 Å². The highest BCUT2D eigenvalue weighted by Crippen LogP contribution is 2.29. The monoisotopic (exact) mass is 362 g/mol. The van der Waals surface area contributed by atoms with Gasteiger partial charge in [0.15, 0.2) is 0 Å². The fourth-order valence-electron chi connectivity index (χ4n) is 2.40. The molecule has 4 heteroatoms. The molecule has 0 aliphatic heterocycles. The molecule has 2 nitrogen and oxygen atoms in total. The summed E-state index contributed by atoms with van der Waals surface area (Å²) in [5.74, 6) is 0.382. The first kappa shape index (κ1) is 19.1. The van der Waals surface area contributed by atoms with Crippen molar-refractivity contribution in [3.8, 4) is 0 Å². The van der Waals surface area contributed by atoms with E-state index in [2.05, 4.69) is 13.8 Å². The molecule has 0 spiro atoms. The Hall–Kier alpha value is -1.26. The Morgan fingerprint density at radius 1 is 0.667 bits per heavy atom. The van der Waals surface area contributed by atoms with Gasteiger partial charge >= 0.3 is 0 Å². The smallest absolute Gasteiger partial charge is 0.122 e. The third-order valence-corrected chi connectivity index (χ3v) is 8.63. The van der Waals surface area contributed by atoms with E-state index in [9.17, 15) is 8.42 Å². The standard InChI is InChI=1S/C20H26O2S2/c1-14(2)17(5)20(23(21)18-10-6-15(3)7-11-18)24(22)19-12-8-16(4)9-13-19/h6-14,17,20H,1-5H3/t17-,23+,24+/m1/s1. The first-order chi connectivity index (χ1) is 11.3. The summed E-state index contributed by atoms with van der Waals surface area (Å²) in [7, 11) is -2.63. The van der Waals surface area contributed by atoms with E-state index in [4.69, 9.17) is 0 Å². The molecular formula is C20H26O2S2. The van der Waals surface area contributed by atoms with Crippen molar-refractivity contribution in [2.75, 3.05) is 0 Å². The maximum Gasteiger partial charge on any atom is 0.122 e. The summed E-state index contributed by atoms with van der Waals surface area (Å²) >= 11 is 0. The number of benzene rings is 2. The average Bonchev–Trinajstić information content (AvgIpc) is 2.55. The largest absolute Gasteiger partial charge is 0.253 e. The maximum atomic E-state index is 13.2. The van der Waals surface area contributed by atoms with Gasteiger partial charge in [-0.15, -0.1) is 0 Å². The van der Waals surface area contributed by atoms with Crippen molar-refractivity contribution in [2.24, 2.45) is 11.8 Å². The molecule has 2 aromatic rings. The molecule has 0 bridgehead atoms. The maximum absolute atomic E-state index is 13.2. The summed E-state index contributed by atoms with van der Waals surface area (Å²) < 4.78 is 26.0. The zero-order valence-electron chi connectivity index (χ0n) is 15.0. The Labute approximate surface area is 150 Å². The fourth-order valence-corrected chi connectivity index (χ4v) is 6.45. The molecule has 0 N–H and O–H groups in total. The summed E-state index contributed by atoms with van der Waals surface area (Å²) in [6.07, 6.45) is 0. The molecule has 2 rings (SSSR count). The molecule has 0 aromatic heterocycles. The van der Waals surface area contributed by atoms with Crippen molar-refractivity contribution in [1.29, 1.82) is 0 Å². The summed E-state index contributed by atoms with van der Waals surface area (Å²) in [6, 6.07) is 15.4. The van der Waals surface area contributed by atoms with Crippen molar-refractivity contribution in [2.45, 2.75) is 49.0 Å². The van der Waals surface area contributed by atoms with Crippen LogP contribution in [0.3, 0.4) is 0 Å². The molecule has 0 unspecified atom stereocenters. The minimum absolute atomic E-state index is 0.0780. The average molecular weight is 363 g/mol. The number of rotatable bonds is 6. The van der Waals surface area contributed by atoms with Crippen LogP contribution in [0.4, 0.5) is 0 Å². The summed E-state index contributed by atoms with van der Waals surface area (Å²) in [4.78, 5) is 1.50. The van der Waals surface area contributed by atoms with Gasteiger partial charge in [0, 0.05) is 9.79 Å².